The van der Waals surface area contributed by atoms with E-state index in [-0.39, 0.29) is 12.5 Å². The molecule has 0 radical (unpaired) electrons. The van der Waals surface area contributed by atoms with Gasteiger partial charge in [-0.3, -0.25) is 9.48 Å². The van der Waals surface area contributed by atoms with E-state index in [0.29, 0.717) is 19.4 Å². The van der Waals surface area contributed by atoms with Crippen LogP contribution in [0.15, 0.2) is 18.5 Å². The maximum atomic E-state index is 12.2. The lowest BCUT2D eigenvalue weighted by molar-refractivity contribution is -0.157. The Morgan fingerprint density at radius 2 is 2.28 bits per heavy atom. The second kappa shape index (κ2) is 4.80. The topological polar surface area (TPSA) is 75.4 Å². The summed E-state index contributed by atoms with van der Waals surface area (Å²) in [6, 6.07) is 1.74. The minimum absolute atomic E-state index is 0.0992. The lowest BCUT2D eigenvalue weighted by atomic mass is 9.93. The quantitative estimate of drug-likeness (QED) is 0.856. The lowest BCUT2D eigenvalue weighted by Gasteiger charge is -2.33. The first kappa shape index (κ1) is 12.6. The molecule has 6 nitrogen and oxygen atoms in total. The molecule has 0 spiro atoms. The van der Waals surface area contributed by atoms with Crippen molar-refractivity contribution in [3.63, 3.8) is 0 Å². The molecule has 6 heteroatoms. The van der Waals surface area contributed by atoms with Crippen LogP contribution in [0.2, 0.25) is 0 Å². The van der Waals surface area contributed by atoms with E-state index in [0.717, 1.165) is 6.42 Å². The highest BCUT2D eigenvalue weighted by molar-refractivity contribution is 5.87. The molecule has 1 atom stereocenters. The molecule has 1 aromatic heterocycles. The molecule has 0 aliphatic carbocycles. The van der Waals surface area contributed by atoms with Gasteiger partial charge in [-0.2, -0.15) is 5.10 Å². The van der Waals surface area contributed by atoms with E-state index >= 15 is 0 Å². The van der Waals surface area contributed by atoms with Crippen LogP contribution in [0.1, 0.15) is 26.2 Å². The highest BCUT2D eigenvalue weighted by Crippen LogP contribution is 2.32. The Labute approximate surface area is 105 Å². The zero-order valence-electron chi connectivity index (χ0n) is 10.4. The van der Waals surface area contributed by atoms with E-state index in [9.17, 15) is 14.7 Å². The molecule has 2 rings (SSSR count). The number of rotatable bonds is 4. The summed E-state index contributed by atoms with van der Waals surface area (Å²) in [7, 11) is 0. The first-order valence-electron chi connectivity index (χ1n) is 6.11. The number of carbonyl (C=O) groups excluding carboxylic acids is 1. The predicted molar refractivity (Wildman–Crippen MR) is 63.8 cm³/mol. The van der Waals surface area contributed by atoms with Gasteiger partial charge >= 0.3 is 5.97 Å². The summed E-state index contributed by atoms with van der Waals surface area (Å²) in [6.07, 6.45) is 5.01. The normalized spacial score (nSPS) is 23.3. The van der Waals surface area contributed by atoms with Gasteiger partial charge in [-0.15, -0.1) is 0 Å². The number of hydrogen-bond donors (Lipinski definition) is 1. The van der Waals surface area contributed by atoms with Crippen LogP contribution in [0.4, 0.5) is 0 Å². The van der Waals surface area contributed by atoms with E-state index in [1.54, 1.807) is 18.5 Å². The van der Waals surface area contributed by atoms with Crippen molar-refractivity contribution < 1.29 is 14.7 Å². The molecular weight excluding hydrogens is 234 g/mol. The van der Waals surface area contributed by atoms with Gasteiger partial charge in [0.2, 0.25) is 5.91 Å². The highest BCUT2D eigenvalue weighted by Gasteiger charge is 2.48. The fourth-order valence-electron chi connectivity index (χ4n) is 2.60. The number of likely N-dealkylation sites (tertiary alicyclic amines) is 1. The minimum Gasteiger partial charge on any atom is -0.479 e. The first-order valence-corrected chi connectivity index (χ1v) is 6.11. The van der Waals surface area contributed by atoms with E-state index in [1.165, 1.54) is 9.58 Å². The van der Waals surface area contributed by atoms with Crippen LogP contribution in [0, 0.1) is 0 Å². The van der Waals surface area contributed by atoms with Crippen molar-refractivity contribution in [3.8, 4) is 0 Å². The van der Waals surface area contributed by atoms with Crippen LogP contribution < -0.4 is 0 Å². The SMILES string of the molecule is CCC1(C(=O)O)CCCN1C(=O)Cn1cccn1. The molecule has 1 amide bonds. The number of hydrogen-bond acceptors (Lipinski definition) is 3. The molecule has 1 unspecified atom stereocenters. The molecule has 1 N–H and O–H groups in total. The van der Waals surface area contributed by atoms with Gasteiger partial charge in [0, 0.05) is 18.9 Å². The Bertz CT molecular complexity index is 443. The second-order valence-electron chi connectivity index (χ2n) is 4.54. The largest absolute Gasteiger partial charge is 0.479 e. The smallest absolute Gasteiger partial charge is 0.329 e. The van der Waals surface area contributed by atoms with Gasteiger partial charge in [0.25, 0.3) is 0 Å². The molecule has 1 aromatic rings. The molecule has 1 saturated heterocycles. The van der Waals surface area contributed by atoms with E-state index < -0.39 is 11.5 Å². The van der Waals surface area contributed by atoms with Crippen molar-refractivity contribution in [3.05, 3.63) is 18.5 Å². The van der Waals surface area contributed by atoms with E-state index in [1.807, 2.05) is 6.92 Å². The van der Waals surface area contributed by atoms with E-state index in [2.05, 4.69) is 5.10 Å². The number of amides is 1. The monoisotopic (exact) mass is 251 g/mol. The van der Waals surface area contributed by atoms with Crippen LogP contribution >= 0.6 is 0 Å². The molecule has 1 aliphatic rings. The first-order chi connectivity index (χ1) is 8.60. The maximum absolute atomic E-state index is 12.2. The van der Waals surface area contributed by atoms with Crippen LogP contribution in [-0.4, -0.2) is 43.7 Å². The van der Waals surface area contributed by atoms with Gasteiger partial charge in [0.05, 0.1) is 0 Å². The van der Waals surface area contributed by atoms with Gasteiger partial charge in [0.1, 0.15) is 12.1 Å². The van der Waals surface area contributed by atoms with Gasteiger partial charge in [-0.05, 0) is 25.3 Å². The Hall–Kier alpha value is -1.85. The lowest BCUT2D eigenvalue weighted by Crippen LogP contribution is -2.53. The van der Waals surface area contributed by atoms with Crippen molar-refractivity contribution in [2.45, 2.75) is 38.3 Å². The zero-order chi connectivity index (χ0) is 13.2. The summed E-state index contributed by atoms with van der Waals surface area (Å²) in [5.74, 6) is -1.09. The number of carbonyl (C=O) groups is 2. The molecular formula is C12H17N3O3. The summed E-state index contributed by atoms with van der Waals surface area (Å²) < 4.78 is 1.52. The second-order valence-corrected chi connectivity index (χ2v) is 4.54. The van der Waals surface area contributed by atoms with Crippen LogP contribution in [-0.2, 0) is 16.1 Å². The molecule has 1 aliphatic heterocycles. The van der Waals surface area contributed by atoms with Crippen molar-refractivity contribution in [2.24, 2.45) is 0 Å². The standard InChI is InChI=1S/C12H17N3O3/c1-2-12(11(17)18)5-3-8-15(12)10(16)9-14-7-4-6-13-14/h4,6-7H,2-3,5,8-9H2,1H3,(H,17,18). The third-order valence-electron chi connectivity index (χ3n) is 3.63. The highest BCUT2D eigenvalue weighted by atomic mass is 16.4. The summed E-state index contributed by atoms with van der Waals surface area (Å²) >= 11 is 0. The van der Waals surface area contributed by atoms with Crippen molar-refractivity contribution >= 4 is 11.9 Å². The Morgan fingerprint density at radius 3 is 2.83 bits per heavy atom. The zero-order valence-corrected chi connectivity index (χ0v) is 10.4. The van der Waals surface area contributed by atoms with Crippen LogP contribution in [0.3, 0.4) is 0 Å². The fraction of sp³-hybridized carbons (Fsp3) is 0.583. The molecule has 98 valence electrons. The number of aliphatic carboxylic acids is 1. The third-order valence-corrected chi connectivity index (χ3v) is 3.63. The molecule has 0 aromatic carbocycles. The average molecular weight is 251 g/mol. The molecule has 18 heavy (non-hydrogen) atoms. The van der Waals surface area contributed by atoms with E-state index in [4.69, 9.17) is 0 Å². The van der Waals surface area contributed by atoms with Crippen LogP contribution in [0.25, 0.3) is 0 Å². The number of carboxylic acids is 1. The molecule has 2 heterocycles. The number of carboxylic acid groups (broad SMARTS) is 1. The Kier molecular flexibility index (Phi) is 3.36. The molecule has 1 fully saturated rings. The maximum Gasteiger partial charge on any atom is 0.329 e. The van der Waals surface area contributed by atoms with Crippen molar-refractivity contribution in [1.29, 1.82) is 0 Å². The summed E-state index contributed by atoms with van der Waals surface area (Å²) in [4.78, 5) is 25.1. The summed E-state index contributed by atoms with van der Waals surface area (Å²) in [5.41, 5.74) is -1.02. The van der Waals surface area contributed by atoms with Crippen LogP contribution in [0.5, 0.6) is 0 Å². The fourth-order valence-corrected chi connectivity index (χ4v) is 2.60. The summed E-state index contributed by atoms with van der Waals surface area (Å²) in [5, 5.41) is 13.4. The Balaban J connectivity index is 2.16. The molecule has 0 saturated carbocycles. The van der Waals surface area contributed by atoms with Gasteiger partial charge < -0.3 is 10.0 Å². The van der Waals surface area contributed by atoms with Crippen molar-refractivity contribution in [1.82, 2.24) is 14.7 Å². The summed E-state index contributed by atoms with van der Waals surface area (Å²) in [6.45, 7) is 2.43. The minimum atomic E-state index is -1.02. The third kappa shape index (κ3) is 1.98. The van der Waals surface area contributed by atoms with Crippen molar-refractivity contribution in [2.75, 3.05) is 6.54 Å². The average Bonchev–Trinajstić information content (AvgIpc) is 2.96. The number of nitrogens with zero attached hydrogens (tertiary/aromatic N) is 3. The predicted octanol–water partition coefficient (Wildman–Crippen LogP) is 0.739. The number of aromatic nitrogens is 2. The van der Waals surface area contributed by atoms with Gasteiger partial charge in [0.15, 0.2) is 0 Å². The van der Waals surface area contributed by atoms with Gasteiger partial charge in [-0.25, -0.2) is 4.79 Å². The molecule has 0 bridgehead atoms. The Morgan fingerprint density at radius 1 is 1.50 bits per heavy atom. The van der Waals surface area contributed by atoms with Gasteiger partial charge in [-0.1, -0.05) is 6.92 Å².